The monoisotopic (exact) mass is 264 g/mol. The molecule has 0 radical (unpaired) electrons. The Hall–Kier alpha value is -2.80. The minimum atomic E-state index is -0.0678. The number of hydrogen-bond donors (Lipinski definition) is 1. The van der Waals surface area contributed by atoms with Gasteiger partial charge in [-0.25, -0.2) is 4.85 Å². The number of amides is 1. The normalized spacial score (nSPS) is 13.8. The first-order valence-electron chi connectivity index (χ1n) is 6.30. The van der Waals surface area contributed by atoms with Gasteiger partial charge in [-0.3, -0.25) is 4.79 Å². The Bertz CT molecular complexity index is 714. The minimum absolute atomic E-state index is 0.0678. The topological polar surface area (TPSA) is 44.9 Å². The Morgan fingerprint density at radius 2 is 1.90 bits per heavy atom. The molecule has 4 nitrogen and oxygen atoms in total. The highest BCUT2D eigenvalue weighted by Crippen LogP contribution is 2.28. The zero-order valence-corrected chi connectivity index (χ0v) is 10.7. The first-order valence-corrected chi connectivity index (χ1v) is 6.30. The van der Waals surface area contributed by atoms with Crippen LogP contribution in [0.25, 0.3) is 4.85 Å². The molecule has 3 rings (SSSR count). The Labute approximate surface area is 116 Å². The van der Waals surface area contributed by atoms with Crippen LogP contribution in [0.4, 0.5) is 11.4 Å². The average Bonchev–Trinajstić information content (AvgIpc) is 2.48. The lowest BCUT2D eigenvalue weighted by molar-refractivity contribution is 0.0980. The van der Waals surface area contributed by atoms with Crippen LogP contribution in [0, 0.1) is 6.57 Å². The number of anilines is 1. The van der Waals surface area contributed by atoms with Gasteiger partial charge in [-0.2, -0.15) is 0 Å². The fourth-order valence-electron chi connectivity index (χ4n) is 2.43. The molecule has 0 spiro atoms. The van der Waals surface area contributed by atoms with Gasteiger partial charge < -0.3 is 10.0 Å². The van der Waals surface area contributed by atoms with Crippen molar-refractivity contribution in [1.82, 2.24) is 0 Å². The summed E-state index contributed by atoms with van der Waals surface area (Å²) in [7, 11) is 0. The molecule has 0 bridgehead atoms. The predicted octanol–water partition coefficient (Wildman–Crippen LogP) is 3.15. The van der Waals surface area contributed by atoms with Crippen LogP contribution in [0.2, 0.25) is 0 Å². The number of aromatic hydroxyl groups is 1. The molecule has 1 amide bonds. The van der Waals surface area contributed by atoms with Gasteiger partial charge in [0.05, 0.1) is 6.57 Å². The van der Waals surface area contributed by atoms with Crippen molar-refractivity contribution >= 4 is 17.3 Å². The standard InChI is InChI=1S/C16H12N2O2/c1-17-12-2-4-13(5-3-12)18-9-8-11-10-14(19)6-7-15(11)16(18)20/h2-7,10,19H,8-9H2. The van der Waals surface area contributed by atoms with Crippen LogP contribution in [0.15, 0.2) is 42.5 Å². The van der Waals surface area contributed by atoms with Crippen LogP contribution in [-0.2, 0) is 6.42 Å². The van der Waals surface area contributed by atoms with Crippen LogP contribution in [0.3, 0.4) is 0 Å². The molecular weight excluding hydrogens is 252 g/mol. The number of carbonyl (C=O) groups is 1. The summed E-state index contributed by atoms with van der Waals surface area (Å²) in [6.07, 6.45) is 0.708. The zero-order chi connectivity index (χ0) is 14.1. The third-order valence-corrected chi connectivity index (χ3v) is 3.46. The fraction of sp³-hybridized carbons (Fsp3) is 0.125. The van der Waals surface area contributed by atoms with E-state index in [2.05, 4.69) is 4.85 Å². The number of rotatable bonds is 1. The van der Waals surface area contributed by atoms with Gasteiger partial charge in [0.2, 0.25) is 0 Å². The second kappa shape index (κ2) is 4.71. The lowest BCUT2D eigenvalue weighted by Gasteiger charge is -2.28. The fourth-order valence-corrected chi connectivity index (χ4v) is 2.43. The molecule has 1 N–H and O–H groups in total. The first-order chi connectivity index (χ1) is 9.69. The van der Waals surface area contributed by atoms with Gasteiger partial charge in [-0.1, -0.05) is 12.1 Å². The van der Waals surface area contributed by atoms with Crippen LogP contribution in [0.1, 0.15) is 15.9 Å². The average molecular weight is 264 g/mol. The summed E-state index contributed by atoms with van der Waals surface area (Å²) in [5.74, 6) is 0.119. The molecule has 1 heterocycles. The molecule has 0 fully saturated rings. The molecule has 0 saturated carbocycles. The van der Waals surface area contributed by atoms with E-state index in [0.29, 0.717) is 24.2 Å². The van der Waals surface area contributed by atoms with Crippen molar-refractivity contribution in [3.8, 4) is 5.75 Å². The second-order valence-corrected chi connectivity index (χ2v) is 4.68. The van der Waals surface area contributed by atoms with Crippen molar-refractivity contribution in [2.75, 3.05) is 11.4 Å². The summed E-state index contributed by atoms with van der Waals surface area (Å²) < 4.78 is 0. The lowest BCUT2D eigenvalue weighted by atomic mass is 9.98. The third kappa shape index (κ3) is 1.99. The molecule has 1 aliphatic heterocycles. The molecule has 1 aliphatic rings. The summed E-state index contributed by atoms with van der Waals surface area (Å²) >= 11 is 0. The Kier molecular flexibility index (Phi) is 2.88. The van der Waals surface area contributed by atoms with E-state index < -0.39 is 0 Å². The Balaban J connectivity index is 1.95. The van der Waals surface area contributed by atoms with Crippen molar-refractivity contribution in [1.29, 1.82) is 0 Å². The highest BCUT2D eigenvalue weighted by atomic mass is 16.3. The molecule has 4 heteroatoms. The van der Waals surface area contributed by atoms with Crippen LogP contribution < -0.4 is 4.90 Å². The van der Waals surface area contributed by atoms with Crippen LogP contribution in [0.5, 0.6) is 5.75 Å². The number of carbonyl (C=O) groups excluding carboxylic acids is 1. The highest BCUT2D eigenvalue weighted by molar-refractivity contribution is 6.08. The predicted molar refractivity (Wildman–Crippen MR) is 76.2 cm³/mol. The molecule has 0 aromatic heterocycles. The number of fused-ring (bicyclic) bond motifs is 1. The maximum atomic E-state index is 12.5. The van der Waals surface area contributed by atoms with Gasteiger partial charge in [-0.15, -0.1) is 0 Å². The Morgan fingerprint density at radius 1 is 1.15 bits per heavy atom. The first kappa shape index (κ1) is 12.2. The van der Waals surface area contributed by atoms with Crippen molar-refractivity contribution in [2.24, 2.45) is 0 Å². The van der Waals surface area contributed by atoms with Gasteiger partial charge in [0, 0.05) is 17.8 Å². The molecule has 20 heavy (non-hydrogen) atoms. The van der Waals surface area contributed by atoms with E-state index in [1.54, 1.807) is 41.3 Å². The van der Waals surface area contributed by atoms with E-state index in [0.717, 1.165) is 11.3 Å². The molecule has 2 aromatic carbocycles. The van der Waals surface area contributed by atoms with E-state index in [1.165, 1.54) is 6.07 Å². The van der Waals surface area contributed by atoms with E-state index in [1.807, 2.05) is 0 Å². The molecule has 2 aromatic rings. The van der Waals surface area contributed by atoms with Crippen molar-refractivity contribution < 1.29 is 9.90 Å². The summed E-state index contributed by atoms with van der Waals surface area (Å²) in [4.78, 5) is 17.5. The smallest absolute Gasteiger partial charge is 0.258 e. The maximum absolute atomic E-state index is 12.5. The Morgan fingerprint density at radius 3 is 2.60 bits per heavy atom. The summed E-state index contributed by atoms with van der Waals surface area (Å²) in [6.45, 7) is 7.51. The van der Waals surface area contributed by atoms with Crippen LogP contribution >= 0.6 is 0 Å². The summed E-state index contributed by atoms with van der Waals surface area (Å²) in [5.41, 5.74) is 2.86. The number of benzene rings is 2. The molecular formula is C16H12N2O2. The van der Waals surface area contributed by atoms with Crippen molar-refractivity contribution in [2.45, 2.75) is 6.42 Å². The quantitative estimate of drug-likeness (QED) is 0.804. The molecule has 0 saturated heterocycles. The van der Waals surface area contributed by atoms with Gasteiger partial charge in [0.15, 0.2) is 5.69 Å². The molecule has 98 valence electrons. The van der Waals surface area contributed by atoms with Gasteiger partial charge >= 0.3 is 0 Å². The van der Waals surface area contributed by atoms with E-state index in [9.17, 15) is 9.90 Å². The maximum Gasteiger partial charge on any atom is 0.258 e. The van der Waals surface area contributed by atoms with Gasteiger partial charge in [-0.05, 0) is 42.3 Å². The van der Waals surface area contributed by atoms with E-state index >= 15 is 0 Å². The number of phenolic OH excluding ortho intramolecular Hbond substituents is 1. The highest BCUT2D eigenvalue weighted by Gasteiger charge is 2.25. The largest absolute Gasteiger partial charge is 0.508 e. The minimum Gasteiger partial charge on any atom is -0.508 e. The zero-order valence-electron chi connectivity index (χ0n) is 10.7. The SMILES string of the molecule is [C-]#[N+]c1ccc(N2CCc3cc(O)ccc3C2=O)cc1. The second-order valence-electron chi connectivity index (χ2n) is 4.68. The van der Waals surface area contributed by atoms with Crippen molar-refractivity contribution in [3.05, 3.63) is 65.0 Å². The van der Waals surface area contributed by atoms with Crippen molar-refractivity contribution in [3.63, 3.8) is 0 Å². The summed E-state index contributed by atoms with van der Waals surface area (Å²) in [5, 5.41) is 9.46. The number of hydrogen-bond acceptors (Lipinski definition) is 2. The molecule has 0 atom stereocenters. The molecule has 0 aliphatic carbocycles. The number of nitrogens with zero attached hydrogens (tertiary/aromatic N) is 2. The molecule has 0 unspecified atom stereocenters. The van der Waals surface area contributed by atoms with E-state index in [4.69, 9.17) is 6.57 Å². The summed E-state index contributed by atoms with van der Waals surface area (Å²) in [6, 6.07) is 11.8. The van der Waals surface area contributed by atoms with Gasteiger partial charge in [0.25, 0.3) is 5.91 Å². The third-order valence-electron chi connectivity index (χ3n) is 3.46. The van der Waals surface area contributed by atoms with Crippen LogP contribution in [-0.4, -0.2) is 17.6 Å². The van der Waals surface area contributed by atoms with Gasteiger partial charge in [0.1, 0.15) is 5.75 Å². The lowest BCUT2D eigenvalue weighted by Crippen LogP contribution is -2.37. The van der Waals surface area contributed by atoms with E-state index in [-0.39, 0.29) is 11.7 Å². The number of phenols is 1.